The van der Waals surface area contributed by atoms with Crippen LogP contribution in [0.15, 0.2) is 96.4 Å². The van der Waals surface area contributed by atoms with Crippen molar-refractivity contribution in [3.8, 4) is 5.69 Å². The van der Waals surface area contributed by atoms with Crippen LogP contribution in [0, 0.1) is 11.6 Å². The summed E-state index contributed by atoms with van der Waals surface area (Å²) >= 11 is 0. The van der Waals surface area contributed by atoms with Crippen LogP contribution in [0.5, 0.6) is 0 Å². The normalized spacial score (nSPS) is 11.4. The van der Waals surface area contributed by atoms with E-state index in [1.807, 2.05) is 6.07 Å². The van der Waals surface area contributed by atoms with Crippen molar-refractivity contribution in [1.82, 2.24) is 19.9 Å². The SMILES string of the molecule is O=C(NCc1cccnc1)c1ccc2c(c1)ncn2-c1cccc(NS(=O)(=O)c2ccc(F)cc2F)c1. The largest absolute Gasteiger partial charge is 0.348 e. The van der Waals surface area contributed by atoms with Crippen molar-refractivity contribution < 1.29 is 22.0 Å². The Kier molecular flexibility index (Phi) is 6.36. The molecule has 0 unspecified atom stereocenters. The van der Waals surface area contributed by atoms with Crippen molar-refractivity contribution in [3.05, 3.63) is 114 Å². The van der Waals surface area contributed by atoms with Crippen LogP contribution in [-0.4, -0.2) is 28.9 Å². The second-order valence-corrected chi connectivity index (χ2v) is 9.74. The molecule has 0 radical (unpaired) electrons. The minimum absolute atomic E-state index is 0.175. The third kappa shape index (κ3) is 5.16. The van der Waals surface area contributed by atoms with Gasteiger partial charge in [0.05, 0.1) is 16.7 Å². The second-order valence-electron chi connectivity index (χ2n) is 8.09. The van der Waals surface area contributed by atoms with Gasteiger partial charge in [-0.1, -0.05) is 12.1 Å². The number of benzene rings is 3. The summed E-state index contributed by atoms with van der Waals surface area (Å²) in [5, 5.41) is 2.84. The maximum atomic E-state index is 14.0. The van der Waals surface area contributed by atoms with Gasteiger partial charge < -0.3 is 5.32 Å². The van der Waals surface area contributed by atoms with E-state index in [0.29, 0.717) is 34.9 Å². The fourth-order valence-corrected chi connectivity index (χ4v) is 4.88. The van der Waals surface area contributed by atoms with E-state index in [-0.39, 0.29) is 11.6 Å². The first-order chi connectivity index (χ1) is 17.8. The Hall–Kier alpha value is -4.64. The quantitative estimate of drug-likeness (QED) is 0.331. The Morgan fingerprint density at radius 3 is 2.62 bits per heavy atom. The number of anilines is 1. The van der Waals surface area contributed by atoms with Crippen molar-refractivity contribution in [2.45, 2.75) is 11.4 Å². The first-order valence-electron chi connectivity index (χ1n) is 11.0. The highest BCUT2D eigenvalue weighted by atomic mass is 32.2. The Labute approximate surface area is 210 Å². The molecule has 37 heavy (non-hydrogen) atoms. The molecule has 2 heterocycles. The van der Waals surface area contributed by atoms with E-state index >= 15 is 0 Å². The summed E-state index contributed by atoms with van der Waals surface area (Å²) in [5.74, 6) is -2.33. The van der Waals surface area contributed by atoms with Gasteiger partial charge in [0.2, 0.25) is 0 Å². The summed E-state index contributed by atoms with van der Waals surface area (Å²) in [5.41, 5.74) is 3.32. The minimum atomic E-state index is -4.29. The summed E-state index contributed by atoms with van der Waals surface area (Å²) in [6, 6.07) is 17.4. The van der Waals surface area contributed by atoms with Gasteiger partial charge in [0.25, 0.3) is 15.9 Å². The van der Waals surface area contributed by atoms with Crippen molar-refractivity contribution in [2.75, 3.05) is 4.72 Å². The molecule has 0 fully saturated rings. The highest BCUT2D eigenvalue weighted by Crippen LogP contribution is 2.24. The number of pyridine rings is 1. The first-order valence-corrected chi connectivity index (χ1v) is 12.5. The summed E-state index contributed by atoms with van der Waals surface area (Å²) < 4.78 is 56.6. The van der Waals surface area contributed by atoms with E-state index in [9.17, 15) is 22.0 Å². The Morgan fingerprint density at radius 2 is 1.84 bits per heavy atom. The standard InChI is InChI=1S/C26H19F2N5O3S/c27-19-7-9-25(22(28)12-19)37(35,36)32-20-4-1-5-21(13-20)33-16-31-23-11-18(6-8-24(23)33)26(34)30-15-17-3-2-10-29-14-17/h1-14,16,32H,15H2,(H,30,34). The molecule has 0 saturated carbocycles. The van der Waals surface area contributed by atoms with Gasteiger partial charge in [-0.3, -0.25) is 19.1 Å². The number of nitrogens with zero attached hydrogens (tertiary/aromatic N) is 3. The maximum absolute atomic E-state index is 14.0. The zero-order valence-electron chi connectivity index (χ0n) is 19.1. The number of halogens is 2. The third-order valence-corrected chi connectivity index (χ3v) is 6.96. The van der Waals surface area contributed by atoms with E-state index in [1.54, 1.807) is 65.8 Å². The van der Waals surface area contributed by atoms with Crippen molar-refractivity contribution in [2.24, 2.45) is 0 Å². The molecule has 0 aliphatic rings. The molecule has 8 nitrogen and oxygen atoms in total. The number of hydrogen-bond donors (Lipinski definition) is 2. The fraction of sp³-hybridized carbons (Fsp3) is 0.0385. The number of sulfonamides is 1. The molecule has 0 spiro atoms. The molecular weight excluding hydrogens is 500 g/mol. The lowest BCUT2D eigenvalue weighted by Gasteiger charge is -2.11. The molecule has 0 bridgehead atoms. The molecule has 0 atom stereocenters. The van der Waals surface area contributed by atoms with Crippen LogP contribution in [0.2, 0.25) is 0 Å². The van der Waals surface area contributed by atoms with Crippen molar-refractivity contribution in [3.63, 3.8) is 0 Å². The number of fused-ring (bicyclic) bond motifs is 1. The number of carbonyl (C=O) groups is 1. The minimum Gasteiger partial charge on any atom is -0.348 e. The molecule has 2 aromatic heterocycles. The molecule has 1 amide bonds. The summed E-state index contributed by atoms with van der Waals surface area (Å²) in [6.45, 7) is 0.337. The number of carbonyl (C=O) groups excluding carboxylic acids is 1. The predicted octanol–water partition coefficient (Wildman–Crippen LogP) is 4.43. The van der Waals surface area contributed by atoms with Crippen molar-refractivity contribution in [1.29, 1.82) is 0 Å². The van der Waals surface area contributed by atoms with Gasteiger partial charge in [0, 0.05) is 36.3 Å². The number of nitrogens with one attached hydrogen (secondary N) is 2. The molecule has 3 aromatic carbocycles. The number of amides is 1. The number of imidazole rings is 1. The topological polar surface area (TPSA) is 106 Å². The maximum Gasteiger partial charge on any atom is 0.264 e. The predicted molar refractivity (Wildman–Crippen MR) is 134 cm³/mol. The Balaban J connectivity index is 1.37. The number of hydrogen-bond acceptors (Lipinski definition) is 5. The van der Waals surface area contributed by atoms with Gasteiger partial charge in [-0.2, -0.15) is 0 Å². The van der Waals surface area contributed by atoms with Crippen LogP contribution in [0.1, 0.15) is 15.9 Å². The molecule has 2 N–H and O–H groups in total. The highest BCUT2D eigenvalue weighted by Gasteiger charge is 2.20. The Morgan fingerprint density at radius 1 is 0.973 bits per heavy atom. The van der Waals surface area contributed by atoms with E-state index in [2.05, 4.69) is 20.0 Å². The lowest BCUT2D eigenvalue weighted by molar-refractivity contribution is 0.0951. The van der Waals surface area contributed by atoms with Crippen molar-refractivity contribution >= 4 is 32.7 Å². The average molecular weight is 520 g/mol. The van der Waals surface area contributed by atoms with Crippen LogP contribution in [0.3, 0.4) is 0 Å². The van der Waals surface area contributed by atoms with Gasteiger partial charge in [0.15, 0.2) is 0 Å². The lowest BCUT2D eigenvalue weighted by Crippen LogP contribution is -2.22. The van der Waals surface area contributed by atoms with E-state index in [0.717, 1.165) is 17.7 Å². The zero-order chi connectivity index (χ0) is 26.0. The van der Waals surface area contributed by atoms with Gasteiger partial charge in [-0.05, 0) is 60.2 Å². The van der Waals surface area contributed by atoms with Crippen LogP contribution in [-0.2, 0) is 16.6 Å². The van der Waals surface area contributed by atoms with Gasteiger partial charge in [-0.15, -0.1) is 0 Å². The number of aromatic nitrogens is 3. The van der Waals surface area contributed by atoms with Crippen LogP contribution >= 0.6 is 0 Å². The van der Waals surface area contributed by atoms with E-state index in [1.165, 1.54) is 6.07 Å². The van der Waals surface area contributed by atoms with Gasteiger partial charge in [0.1, 0.15) is 22.9 Å². The molecule has 11 heteroatoms. The van der Waals surface area contributed by atoms with E-state index in [4.69, 9.17) is 0 Å². The molecule has 0 aliphatic carbocycles. The average Bonchev–Trinajstić information content (AvgIpc) is 3.31. The van der Waals surface area contributed by atoms with Gasteiger partial charge in [-0.25, -0.2) is 22.2 Å². The van der Waals surface area contributed by atoms with Gasteiger partial charge >= 0.3 is 0 Å². The van der Waals surface area contributed by atoms with E-state index < -0.39 is 26.6 Å². The summed E-state index contributed by atoms with van der Waals surface area (Å²) in [7, 11) is -4.29. The van der Waals surface area contributed by atoms with Crippen LogP contribution in [0.4, 0.5) is 14.5 Å². The summed E-state index contributed by atoms with van der Waals surface area (Å²) in [4.78, 5) is 20.3. The third-order valence-electron chi connectivity index (χ3n) is 5.55. The molecule has 0 saturated heterocycles. The summed E-state index contributed by atoms with van der Waals surface area (Å²) in [6.07, 6.45) is 4.89. The number of rotatable bonds is 7. The van der Waals surface area contributed by atoms with Crippen LogP contribution in [0.25, 0.3) is 16.7 Å². The monoisotopic (exact) mass is 519 g/mol. The highest BCUT2D eigenvalue weighted by molar-refractivity contribution is 7.92. The smallest absolute Gasteiger partial charge is 0.264 e. The molecule has 5 aromatic rings. The Bertz CT molecular complexity index is 1720. The molecule has 5 rings (SSSR count). The molecule has 186 valence electrons. The zero-order valence-corrected chi connectivity index (χ0v) is 19.9. The fourth-order valence-electron chi connectivity index (χ4n) is 3.77. The van der Waals surface area contributed by atoms with Crippen LogP contribution < -0.4 is 10.0 Å². The lowest BCUT2D eigenvalue weighted by atomic mass is 10.1. The second kappa shape index (κ2) is 9.78. The molecule has 0 aliphatic heterocycles. The molecular formula is C26H19F2N5O3S. The first kappa shape index (κ1) is 24.1.